The number of rotatable bonds is 7. The predicted octanol–water partition coefficient (Wildman–Crippen LogP) is 5.94. The number of benzene rings is 4. The smallest absolute Gasteiger partial charge is 0.497 e. The summed E-state index contributed by atoms with van der Waals surface area (Å²) >= 11 is 0. The number of hydrogen-bond donors (Lipinski definition) is 0. The summed E-state index contributed by atoms with van der Waals surface area (Å²) in [6.07, 6.45) is 1.10. The highest BCUT2D eigenvalue weighted by Gasteiger charge is 2.48. The van der Waals surface area contributed by atoms with Crippen LogP contribution in [0.15, 0.2) is 83.8 Å². The van der Waals surface area contributed by atoms with Gasteiger partial charge in [0.05, 0.1) is 12.0 Å². The minimum absolute atomic E-state index is 0.147. The maximum atomic E-state index is 12.6. The zero-order valence-electron chi connectivity index (χ0n) is 19.3. The first kappa shape index (κ1) is 26.3. The number of methoxy groups -OCH3 is 1. The van der Waals surface area contributed by atoms with E-state index < -0.39 is 31.2 Å². The fourth-order valence-corrected chi connectivity index (χ4v) is 4.57. The lowest BCUT2D eigenvalue weighted by Gasteiger charge is -2.16. The van der Waals surface area contributed by atoms with Crippen molar-refractivity contribution in [3.63, 3.8) is 0 Å². The Morgan fingerprint density at radius 3 is 1.89 bits per heavy atom. The maximum Gasteiger partial charge on any atom is 0.534 e. The topological polar surface area (TPSA) is 96.0 Å². The van der Waals surface area contributed by atoms with Gasteiger partial charge in [-0.2, -0.15) is 21.6 Å². The molecule has 0 heterocycles. The quantitative estimate of drug-likeness (QED) is 0.207. The van der Waals surface area contributed by atoms with Crippen LogP contribution in [0, 0.1) is 0 Å². The Morgan fingerprint density at radius 1 is 0.730 bits per heavy atom. The summed E-state index contributed by atoms with van der Waals surface area (Å²) in [5.74, 6) is 0.637. The molecule has 194 valence electrons. The van der Waals surface area contributed by atoms with Gasteiger partial charge >= 0.3 is 15.6 Å². The van der Waals surface area contributed by atoms with E-state index in [1.165, 1.54) is 31.4 Å². The number of ether oxygens (including phenoxy) is 2. The molecule has 0 aromatic heterocycles. The number of fused-ring (bicyclic) bond motifs is 1. The van der Waals surface area contributed by atoms with Gasteiger partial charge < -0.3 is 13.7 Å². The van der Waals surface area contributed by atoms with Gasteiger partial charge in [-0.05, 0) is 71.6 Å². The van der Waals surface area contributed by atoms with Crippen molar-refractivity contribution < 1.29 is 43.7 Å². The number of halogens is 3. The molecule has 0 saturated heterocycles. The van der Waals surface area contributed by atoms with Crippen LogP contribution >= 0.6 is 0 Å². The Hall–Kier alpha value is -3.77. The van der Waals surface area contributed by atoms with Crippen molar-refractivity contribution in [3.8, 4) is 34.1 Å². The van der Waals surface area contributed by atoms with E-state index in [0.29, 0.717) is 28.0 Å². The zero-order chi connectivity index (χ0) is 27.0. The van der Waals surface area contributed by atoms with E-state index in [1.807, 2.05) is 6.07 Å². The first-order chi connectivity index (χ1) is 17.3. The molecule has 0 atom stereocenters. The molecule has 12 heteroatoms. The molecule has 4 aromatic carbocycles. The Balaban J connectivity index is 1.76. The van der Waals surface area contributed by atoms with Gasteiger partial charge in [0, 0.05) is 17.2 Å². The molecule has 0 radical (unpaired) electrons. The van der Waals surface area contributed by atoms with Gasteiger partial charge in [-0.15, -0.1) is 0 Å². The molecule has 0 bridgehead atoms. The van der Waals surface area contributed by atoms with Gasteiger partial charge in [0.15, 0.2) is 9.84 Å². The van der Waals surface area contributed by atoms with Crippen molar-refractivity contribution in [3.05, 3.63) is 78.9 Å². The van der Waals surface area contributed by atoms with Gasteiger partial charge in [0.1, 0.15) is 23.0 Å². The monoisotopic (exact) mass is 552 g/mol. The average Bonchev–Trinajstić information content (AvgIpc) is 2.83. The molecule has 37 heavy (non-hydrogen) atoms. The van der Waals surface area contributed by atoms with E-state index in [4.69, 9.17) is 9.47 Å². The number of hydrogen-bond acceptors (Lipinski definition) is 7. The lowest BCUT2D eigenvalue weighted by Crippen LogP contribution is -2.27. The third-order valence-electron chi connectivity index (χ3n) is 5.30. The fourth-order valence-electron chi connectivity index (χ4n) is 3.48. The Kier molecular flexibility index (Phi) is 6.82. The van der Waals surface area contributed by atoms with E-state index >= 15 is 0 Å². The minimum Gasteiger partial charge on any atom is -0.497 e. The van der Waals surface area contributed by atoms with Crippen molar-refractivity contribution in [2.45, 2.75) is 10.4 Å². The third-order valence-corrected chi connectivity index (χ3v) is 7.41. The Morgan fingerprint density at radius 2 is 1.32 bits per heavy atom. The van der Waals surface area contributed by atoms with Crippen LogP contribution in [-0.4, -0.2) is 35.7 Å². The predicted molar refractivity (Wildman–Crippen MR) is 131 cm³/mol. The summed E-state index contributed by atoms with van der Waals surface area (Å²) in [4.78, 5) is 0.147. The molecule has 0 N–H and O–H groups in total. The first-order valence-electron chi connectivity index (χ1n) is 10.5. The Labute approximate surface area is 211 Å². The standard InChI is InChI=1S/C25H19F3O7S2/c1-33-20-10-14-23-17(15-20)5-13-22(16-3-11-21(12-4-16)36(2,29)30)24(23)34-18-6-8-19(9-7-18)35-37(31,32)25(26,27)28/h3-15H,1-2H3. The van der Waals surface area contributed by atoms with Crippen molar-refractivity contribution in [1.82, 2.24) is 0 Å². The van der Waals surface area contributed by atoms with Crippen LogP contribution in [0.5, 0.6) is 23.0 Å². The zero-order valence-corrected chi connectivity index (χ0v) is 20.9. The molecule has 0 unspecified atom stereocenters. The molecule has 0 fully saturated rings. The molecular weight excluding hydrogens is 533 g/mol. The van der Waals surface area contributed by atoms with Crippen LogP contribution in [0.1, 0.15) is 0 Å². The Bertz CT molecular complexity index is 1660. The van der Waals surface area contributed by atoms with Crippen LogP contribution in [0.3, 0.4) is 0 Å². The lowest BCUT2D eigenvalue weighted by atomic mass is 9.99. The summed E-state index contributed by atoms with van der Waals surface area (Å²) in [5.41, 5.74) is -4.30. The van der Waals surface area contributed by atoms with Gasteiger partial charge in [0.2, 0.25) is 0 Å². The third kappa shape index (κ3) is 5.65. The van der Waals surface area contributed by atoms with Crippen molar-refractivity contribution in [2.75, 3.05) is 13.4 Å². The molecule has 0 saturated carbocycles. The molecule has 4 rings (SSSR count). The van der Waals surface area contributed by atoms with E-state index in [0.717, 1.165) is 23.8 Å². The highest BCUT2D eigenvalue weighted by atomic mass is 32.2. The minimum atomic E-state index is -5.81. The molecule has 0 aliphatic carbocycles. The average molecular weight is 553 g/mol. The van der Waals surface area contributed by atoms with E-state index in [-0.39, 0.29) is 10.6 Å². The lowest BCUT2D eigenvalue weighted by molar-refractivity contribution is -0.0500. The first-order valence-corrected chi connectivity index (χ1v) is 13.8. The summed E-state index contributed by atoms with van der Waals surface area (Å²) < 4.78 is 99.5. The molecular formula is C25H19F3O7S2. The van der Waals surface area contributed by atoms with Crippen molar-refractivity contribution in [2.24, 2.45) is 0 Å². The van der Waals surface area contributed by atoms with E-state index in [2.05, 4.69) is 4.18 Å². The van der Waals surface area contributed by atoms with Crippen LogP contribution in [-0.2, 0) is 20.0 Å². The van der Waals surface area contributed by atoms with Gasteiger partial charge in [-0.25, -0.2) is 8.42 Å². The summed E-state index contributed by atoms with van der Waals surface area (Å²) in [6, 6.07) is 19.7. The van der Waals surface area contributed by atoms with Crippen LogP contribution in [0.4, 0.5) is 13.2 Å². The molecule has 4 aromatic rings. The SMILES string of the molecule is COc1ccc2c(Oc3ccc(OS(=O)(=O)C(F)(F)F)cc3)c(-c3ccc(S(C)(=O)=O)cc3)ccc2c1. The van der Waals surface area contributed by atoms with E-state index in [1.54, 1.807) is 36.4 Å². The normalized spacial score (nSPS) is 12.4. The molecule has 7 nitrogen and oxygen atoms in total. The summed E-state index contributed by atoms with van der Waals surface area (Å²) in [5, 5.41) is 1.44. The molecule has 0 aliphatic heterocycles. The van der Waals surface area contributed by atoms with E-state index in [9.17, 15) is 30.0 Å². The highest BCUT2D eigenvalue weighted by molar-refractivity contribution is 7.90. The molecule has 0 spiro atoms. The largest absolute Gasteiger partial charge is 0.534 e. The fraction of sp³-hybridized carbons (Fsp3) is 0.120. The van der Waals surface area contributed by atoms with Crippen LogP contribution < -0.4 is 13.7 Å². The van der Waals surface area contributed by atoms with Gasteiger partial charge in [-0.1, -0.05) is 18.2 Å². The second-order valence-electron chi connectivity index (χ2n) is 7.88. The molecule has 0 amide bonds. The summed E-state index contributed by atoms with van der Waals surface area (Å²) in [7, 11) is -7.68. The van der Waals surface area contributed by atoms with Crippen molar-refractivity contribution >= 4 is 30.7 Å². The number of sulfone groups is 1. The second kappa shape index (κ2) is 9.60. The van der Waals surface area contributed by atoms with Crippen molar-refractivity contribution in [1.29, 1.82) is 0 Å². The number of alkyl halides is 3. The maximum absolute atomic E-state index is 12.6. The van der Waals surface area contributed by atoms with Gasteiger partial charge in [0.25, 0.3) is 0 Å². The van der Waals surface area contributed by atoms with Crippen LogP contribution in [0.2, 0.25) is 0 Å². The highest BCUT2D eigenvalue weighted by Crippen LogP contribution is 2.41. The second-order valence-corrected chi connectivity index (χ2v) is 11.4. The van der Waals surface area contributed by atoms with Crippen LogP contribution in [0.25, 0.3) is 21.9 Å². The summed E-state index contributed by atoms with van der Waals surface area (Å²) in [6.45, 7) is 0. The van der Waals surface area contributed by atoms with Gasteiger partial charge in [-0.3, -0.25) is 0 Å². The molecule has 0 aliphatic rings.